The largest absolute Gasteiger partial charge is 0.507 e. The van der Waals surface area contributed by atoms with Crippen LogP contribution in [0.2, 0.25) is 0 Å². The van der Waals surface area contributed by atoms with Crippen molar-refractivity contribution in [3.05, 3.63) is 112 Å². The van der Waals surface area contributed by atoms with Crippen LogP contribution < -0.4 is 14.9 Å². The Labute approximate surface area is 228 Å². The Kier molecular flexibility index (Phi) is 6.36. The summed E-state index contributed by atoms with van der Waals surface area (Å²) in [7, 11) is 0. The highest BCUT2D eigenvalue weighted by molar-refractivity contribution is 5.93. The summed E-state index contributed by atoms with van der Waals surface area (Å²) in [6.45, 7) is 0.408. The lowest BCUT2D eigenvalue weighted by Crippen LogP contribution is -2.22. The molecule has 1 aliphatic rings. The number of hydrogen-bond donors (Lipinski definition) is 3. The second-order valence-electron chi connectivity index (χ2n) is 9.54. The van der Waals surface area contributed by atoms with Crippen LogP contribution in [0.3, 0.4) is 0 Å². The summed E-state index contributed by atoms with van der Waals surface area (Å²) in [5, 5.41) is 30.4. The molecule has 5 aromatic rings. The number of aromatic hydroxyl groups is 3. The Morgan fingerprint density at radius 3 is 2.40 bits per heavy atom. The number of carbonyl (C=O) groups excluding carboxylic acids is 1. The highest BCUT2D eigenvalue weighted by atomic mass is 16.5. The Balaban J connectivity index is 1.48. The van der Waals surface area contributed by atoms with Gasteiger partial charge in [0, 0.05) is 41.2 Å². The molecular weight excluding hydrogens is 512 g/mol. The molecule has 8 heteroatoms. The fourth-order valence-electron chi connectivity index (χ4n) is 5.07. The molecule has 0 saturated heterocycles. The summed E-state index contributed by atoms with van der Waals surface area (Å²) in [6.07, 6.45) is 0.646. The summed E-state index contributed by atoms with van der Waals surface area (Å²) >= 11 is 0. The Bertz CT molecular complexity index is 1810. The van der Waals surface area contributed by atoms with Crippen LogP contribution in [-0.4, -0.2) is 27.9 Å². The molecule has 0 aliphatic carbocycles. The van der Waals surface area contributed by atoms with Gasteiger partial charge in [0.15, 0.2) is 16.9 Å². The van der Waals surface area contributed by atoms with Crippen molar-refractivity contribution in [3.63, 3.8) is 0 Å². The van der Waals surface area contributed by atoms with Gasteiger partial charge in [-0.15, -0.1) is 0 Å². The van der Waals surface area contributed by atoms with Crippen molar-refractivity contribution in [2.75, 3.05) is 6.61 Å². The van der Waals surface area contributed by atoms with E-state index in [-0.39, 0.29) is 46.1 Å². The Hall–Kier alpha value is -5.24. The molecule has 0 bridgehead atoms. The van der Waals surface area contributed by atoms with Crippen molar-refractivity contribution in [2.45, 2.75) is 18.8 Å². The first-order valence-electron chi connectivity index (χ1n) is 12.7. The summed E-state index contributed by atoms with van der Waals surface area (Å²) in [6, 6.07) is 23.8. The third-order valence-electron chi connectivity index (χ3n) is 6.97. The lowest BCUT2D eigenvalue weighted by atomic mass is 9.84. The SMILES string of the molecule is O=C1CC(c2ccccc2OCCc2ccccc2)c2c(cc(O)c3c(=O)cc(-c4ccc(O)c(O)c4)oc23)O1. The van der Waals surface area contributed by atoms with E-state index in [4.69, 9.17) is 13.9 Å². The lowest BCUT2D eigenvalue weighted by Gasteiger charge is -2.27. The minimum absolute atomic E-state index is 0.0418. The fraction of sp³-hybridized carbons (Fsp3) is 0.125. The minimum Gasteiger partial charge on any atom is -0.507 e. The van der Waals surface area contributed by atoms with E-state index in [9.17, 15) is 24.9 Å². The second-order valence-corrected chi connectivity index (χ2v) is 9.54. The van der Waals surface area contributed by atoms with Crippen molar-refractivity contribution < 1.29 is 34.0 Å². The molecule has 4 aromatic carbocycles. The Morgan fingerprint density at radius 1 is 0.825 bits per heavy atom. The molecule has 0 saturated carbocycles. The van der Waals surface area contributed by atoms with Crippen LogP contribution in [0.15, 0.2) is 94.1 Å². The summed E-state index contributed by atoms with van der Waals surface area (Å²) in [5.74, 6) is -1.43. The summed E-state index contributed by atoms with van der Waals surface area (Å²) in [4.78, 5) is 25.9. The van der Waals surface area contributed by atoms with Gasteiger partial charge in [-0.1, -0.05) is 48.5 Å². The molecule has 1 aromatic heterocycles. The van der Waals surface area contributed by atoms with E-state index >= 15 is 0 Å². The van der Waals surface area contributed by atoms with Crippen molar-refractivity contribution in [2.24, 2.45) is 0 Å². The molecule has 6 rings (SSSR count). The molecule has 3 N–H and O–H groups in total. The van der Waals surface area contributed by atoms with E-state index in [1.54, 1.807) is 0 Å². The van der Waals surface area contributed by atoms with E-state index in [1.807, 2.05) is 54.6 Å². The van der Waals surface area contributed by atoms with Gasteiger partial charge in [-0.05, 0) is 29.8 Å². The van der Waals surface area contributed by atoms with Crippen molar-refractivity contribution in [1.29, 1.82) is 0 Å². The van der Waals surface area contributed by atoms with Crippen LogP contribution >= 0.6 is 0 Å². The van der Waals surface area contributed by atoms with Crippen LogP contribution in [-0.2, 0) is 11.2 Å². The van der Waals surface area contributed by atoms with Gasteiger partial charge >= 0.3 is 5.97 Å². The van der Waals surface area contributed by atoms with E-state index in [0.717, 1.165) is 5.56 Å². The molecule has 0 fully saturated rings. The average Bonchev–Trinajstić information content (AvgIpc) is 2.94. The maximum absolute atomic E-state index is 13.2. The van der Waals surface area contributed by atoms with Crippen LogP contribution in [0, 0.1) is 0 Å². The number of hydrogen-bond acceptors (Lipinski definition) is 8. The molecule has 8 nitrogen and oxygen atoms in total. The summed E-state index contributed by atoms with van der Waals surface area (Å²) < 4.78 is 17.9. The van der Waals surface area contributed by atoms with Crippen LogP contribution in [0.4, 0.5) is 0 Å². The Morgan fingerprint density at radius 2 is 1.60 bits per heavy atom. The zero-order valence-electron chi connectivity index (χ0n) is 21.2. The van der Waals surface area contributed by atoms with Gasteiger partial charge in [0.25, 0.3) is 0 Å². The van der Waals surface area contributed by atoms with Gasteiger partial charge in [-0.2, -0.15) is 0 Å². The topological polar surface area (TPSA) is 126 Å². The fourth-order valence-corrected chi connectivity index (χ4v) is 5.07. The van der Waals surface area contributed by atoms with E-state index in [2.05, 4.69) is 0 Å². The van der Waals surface area contributed by atoms with E-state index in [1.165, 1.54) is 30.3 Å². The molecule has 2 heterocycles. The standard InChI is InChI=1S/C32H24O8/c33-22-11-10-19(14-23(22)34)27-16-24(35)31-25(36)17-28-30(32(31)40-27)21(15-29(37)39-28)20-8-4-5-9-26(20)38-13-12-18-6-2-1-3-7-18/h1-11,14,16-17,21,33-34,36H,12-13,15H2. The highest BCUT2D eigenvalue weighted by Crippen LogP contribution is 2.48. The molecule has 1 aliphatic heterocycles. The average molecular weight is 537 g/mol. The number of esters is 1. The van der Waals surface area contributed by atoms with Crippen LogP contribution in [0.25, 0.3) is 22.3 Å². The number of phenolic OH excluding ortho intramolecular Hbond substituents is 3. The first-order valence-corrected chi connectivity index (χ1v) is 12.7. The first kappa shape index (κ1) is 25.1. The quantitative estimate of drug-likeness (QED) is 0.145. The molecule has 0 amide bonds. The van der Waals surface area contributed by atoms with E-state index < -0.39 is 17.3 Å². The second kappa shape index (κ2) is 10.1. The maximum atomic E-state index is 13.2. The summed E-state index contributed by atoms with van der Waals surface area (Å²) in [5.41, 5.74) is 2.13. The molecule has 40 heavy (non-hydrogen) atoms. The predicted molar refractivity (Wildman–Crippen MR) is 147 cm³/mol. The molecule has 0 radical (unpaired) electrons. The number of rotatable bonds is 6. The smallest absolute Gasteiger partial charge is 0.312 e. The van der Waals surface area contributed by atoms with Crippen LogP contribution in [0.1, 0.15) is 29.0 Å². The number of benzene rings is 4. The first-order chi connectivity index (χ1) is 19.4. The monoisotopic (exact) mass is 536 g/mol. The number of carbonyl (C=O) groups is 1. The van der Waals surface area contributed by atoms with Gasteiger partial charge in [0.05, 0.1) is 13.0 Å². The van der Waals surface area contributed by atoms with Crippen molar-refractivity contribution in [1.82, 2.24) is 0 Å². The number of phenols is 3. The molecule has 1 unspecified atom stereocenters. The van der Waals surface area contributed by atoms with E-state index in [0.29, 0.717) is 35.5 Å². The maximum Gasteiger partial charge on any atom is 0.312 e. The third-order valence-corrected chi connectivity index (χ3v) is 6.97. The van der Waals surface area contributed by atoms with Crippen LogP contribution in [0.5, 0.6) is 28.7 Å². The van der Waals surface area contributed by atoms with Gasteiger partial charge in [0.2, 0.25) is 0 Å². The molecule has 200 valence electrons. The zero-order chi connectivity index (χ0) is 27.8. The van der Waals surface area contributed by atoms with Gasteiger partial charge in [0.1, 0.15) is 34.0 Å². The van der Waals surface area contributed by atoms with Crippen molar-refractivity contribution >= 4 is 16.9 Å². The number of fused-ring (bicyclic) bond motifs is 3. The van der Waals surface area contributed by atoms with Gasteiger partial charge in [-0.3, -0.25) is 9.59 Å². The predicted octanol–water partition coefficient (Wildman–Crippen LogP) is 5.64. The third kappa shape index (κ3) is 4.60. The van der Waals surface area contributed by atoms with Crippen molar-refractivity contribution in [3.8, 4) is 40.1 Å². The highest BCUT2D eigenvalue weighted by Gasteiger charge is 2.35. The van der Waals surface area contributed by atoms with Gasteiger partial charge in [-0.25, -0.2) is 0 Å². The number of ether oxygens (including phenoxy) is 2. The molecular formula is C32H24O8. The van der Waals surface area contributed by atoms with Gasteiger partial charge < -0.3 is 29.2 Å². The zero-order valence-corrected chi connectivity index (χ0v) is 21.2. The molecule has 1 atom stereocenters. The minimum atomic E-state index is -0.598. The molecule has 0 spiro atoms. The lowest BCUT2D eigenvalue weighted by molar-refractivity contribution is -0.135. The number of para-hydroxylation sites is 1. The normalized spacial score (nSPS) is 14.5.